The fourth-order valence-corrected chi connectivity index (χ4v) is 3.82. The summed E-state index contributed by atoms with van der Waals surface area (Å²) in [6.45, 7) is 0.0687. The third-order valence-electron chi connectivity index (χ3n) is 5.51. The van der Waals surface area contributed by atoms with E-state index in [2.05, 4.69) is 4.89 Å². The number of rotatable bonds is 9. The number of ketones is 1. The van der Waals surface area contributed by atoms with Crippen molar-refractivity contribution in [1.82, 2.24) is 0 Å². The van der Waals surface area contributed by atoms with Gasteiger partial charge in [-0.3, -0.25) is 9.68 Å². The van der Waals surface area contributed by atoms with Crippen LogP contribution in [0.1, 0.15) is 21.5 Å². The van der Waals surface area contributed by atoms with Crippen LogP contribution in [0.25, 0.3) is 5.57 Å². The molecule has 0 atom stereocenters. The molecular formula is C27H24O8. The van der Waals surface area contributed by atoms with E-state index in [0.29, 0.717) is 34.1 Å². The fraction of sp³-hybridized carbons (Fsp3) is 0.185. The highest BCUT2D eigenvalue weighted by atomic mass is 17.2. The van der Waals surface area contributed by atoms with Crippen molar-refractivity contribution in [1.29, 1.82) is 0 Å². The van der Waals surface area contributed by atoms with Gasteiger partial charge in [0, 0.05) is 17.6 Å². The summed E-state index contributed by atoms with van der Waals surface area (Å²) in [6.07, 6.45) is 0.0947. The maximum absolute atomic E-state index is 13.9. The molecule has 8 heteroatoms. The summed E-state index contributed by atoms with van der Waals surface area (Å²) in [4.78, 5) is 36.6. The number of fused-ring (bicyclic) bond motifs is 1. The Balaban J connectivity index is 1.92. The van der Waals surface area contributed by atoms with Gasteiger partial charge in [-0.1, -0.05) is 24.3 Å². The van der Waals surface area contributed by atoms with Gasteiger partial charge in [-0.05, 0) is 53.6 Å². The summed E-state index contributed by atoms with van der Waals surface area (Å²) in [5, 5.41) is 0. The third-order valence-corrected chi connectivity index (χ3v) is 5.51. The van der Waals surface area contributed by atoms with Crippen LogP contribution < -0.4 is 18.9 Å². The molecule has 1 heterocycles. The zero-order valence-corrected chi connectivity index (χ0v) is 19.5. The van der Waals surface area contributed by atoms with Crippen LogP contribution in [-0.4, -0.2) is 39.9 Å². The lowest BCUT2D eigenvalue weighted by atomic mass is 9.89. The molecule has 1 aliphatic heterocycles. The van der Waals surface area contributed by atoms with Gasteiger partial charge in [0.1, 0.15) is 11.5 Å². The number of ether oxygens (including phenoxy) is 4. The maximum Gasteiger partial charge on any atom is 0.374 e. The van der Waals surface area contributed by atoms with E-state index >= 15 is 0 Å². The van der Waals surface area contributed by atoms with Gasteiger partial charge >= 0.3 is 5.97 Å². The number of benzene rings is 3. The first-order valence-electron chi connectivity index (χ1n) is 10.7. The molecule has 180 valence electrons. The quantitative estimate of drug-likeness (QED) is 0.194. The Labute approximate surface area is 202 Å². The first-order valence-corrected chi connectivity index (χ1v) is 10.7. The van der Waals surface area contributed by atoms with Crippen molar-refractivity contribution in [2.24, 2.45) is 0 Å². The Morgan fingerprint density at radius 2 is 1.54 bits per heavy atom. The van der Waals surface area contributed by atoms with Gasteiger partial charge in [0.25, 0.3) is 0 Å². The van der Waals surface area contributed by atoms with Gasteiger partial charge in [-0.2, -0.15) is 4.89 Å². The number of hydrogen-bond donors (Lipinski definition) is 0. The average Bonchev–Trinajstić information content (AvgIpc) is 3.36. The highest BCUT2D eigenvalue weighted by Crippen LogP contribution is 2.37. The molecule has 0 amide bonds. The Hall–Kier alpha value is -4.30. The van der Waals surface area contributed by atoms with E-state index < -0.39 is 5.97 Å². The van der Waals surface area contributed by atoms with E-state index in [0.717, 1.165) is 5.56 Å². The van der Waals surface area contributed by atoms with Gasteiger partial charge in [0.15, 0.2) is 17.3 Å². The number of hydrogen-bond acceptors (Lipinski definition) is 8. The second kappa shape index (κ2) is 10.8. The zero-order valence-electron chi connectivity index (χ0n) is 19.5. The molecule has 8 nitrogen and oxygen atoms in total. The molecule has 0 fully saturated rings. The van der Waals surface area contributed by atoms with E-state index in [4.69, 9.17) is 23.8 Å². The van der Waals surface area contributed by atoms with Gasteiger partial charge < -0.3 is 18.9 Å². The van der Waals surface area contributed by atoms with Crippen molar-refractivity contribution in [3.8, 4) is 23.0 Å². The Morgan fingerprint density at radius 3 is 2.26 bits per heavy atom. The molecule has 0 unspecified atom stereocenters. The highest BCUT2D eigenvalue weighted by molar-refractivity contribution is 6.27. The first kappa shape index (κ1) is 23.8. The monoisotopic (exact) mass is 476 g/mol. The Kier molecular flexibility index (Phi) is 7.32. The smallest absolute Gasteiger partial charge is 0.374 e. The lowest BCUT2D eigenvalue weighted by molar-refractivity contribution is -0.248. The number of carbonyl (C=O) groups is 2. The molecule has 0 aliphatic carbocycles. The molecule has 3 aromatic carbocycles. The second-order valence-electron chi connectivity index (χ2n) is 7.51. The molecule has 0 spiro atoms. The number of Topliss-reactive ketones (excluding diaryl/α,β-unsaturated/α-hetero) is 1. The molecule has 0 bridgehead atoms. The van der Waals surface area contributed by atoms with Crippen LogP contribution in [-0.2, 0) is 21.0 Å². The number of allylic oxidation sites excluding steroid dienone is 1. The molecule has 3 aromatic rings. The van der Waals surface area contributed by atoms with E-state index in [9.17, 15) is 9.59 Å². The summed E-state index contributed by atoms with van der Waals surface area (Å²) in [7, 11) is 4.31. The molecule has 0 saturated carbocycles. The summed E-state index contributed by atoms with van der Waals surface area (Å²) < 4.78 is 21.6. The molecule has 0 saturated heterocycles. The first-order chi connectivity index (χ1) is 17.0. The van der Waals surface area contributed by atoms with Gasteiger partial charge in [-0.25, -0.2) is 4.79 Å². The highest BCUT2D eigenvalue weighted by Gasteiger charge is 2.28. The van der Waals surface area contributed by atoms with E-state index in [1.165, 1.54) is 7.11 Å². The molecule has 1 aliphatic rings. The minimum absolute atomic E-state index is 0.0388. The lowest BCUT2D eigenvalue weighted by Gasteiger charge is -2.16. The molecular weight excluding hydrogens is 452 g/mol. The predicted octanol–water partition coefficient (Wildman–Crippen LogP) is 4.42. The summed E-state index contributed by atoms with van der Waals surface area (Å²) >= 11 is 0. The summed E-state index contributed by atoms with van der Waals surface area (Å²) in [6, 6.07) is 18.9. The van der Waals surface area contributed by atoms with Crippen molar-refractivity contribution >= 4 is 17.3 Å². The normalized spacial score (nSPS) is 12.5. The summed E-state index contributed by atoms with van der Waals surface area (Å²) in [5.41, 5.74) is 1.75. The Morgan fingerprint density at radius 1 is 0.829 bits per heavy atom. The Bertz CT molecular complexity index is 1260. The third kappa shape index (κ3) is 5.12. The van der Waals surface area contributed by atoms with Crippen LogP contribution in [0.3, 0.4) is 0 Å². The fourth-order valence-electron chi connectivity index (χ4n) is 3.82. The SMILES string of the molecule is COOC(=O)/C(=C(/Cc1ccccc1OC)C(=O)c1ccc(OC)cc1)c1ccc2c(c1)OCO2. The molecule has 35 heavy (non-hydrogen) atoms. The zero-order chi connectivity index (χ0) is 24.8. The molecule has 0 aromatic heterocycles. The predicted molar refractivity (Wildman–Crippen MR) is 127 cm³/mol. The molecule has 4 rings (SSSR count). The van der Waals surface area contributed by atoms with Crippen LogP contribution in [0.2, 0.25) is 0 Å². The van der Waals surface area contributed by atoms with Crippen molar-refractivity contribution in [3.63, 3.8) is 0 Å². The minimum Gasteiger partial charge on any atom is -0.497 e. The van der Waals surface area contributed by atoms with Crippen LogP contribution in [0.5, 0.6) is 23.0 Å². The van der Waals surface area contributed by atoms with Crippen LogP contribution >= 0.6 is 0 Å². The van der Waals surface area contributed by atoms with Gasteiger partial charge in [0.05, 0.1) is 26.9 Å². The minimum atomic E-state index is -0.821. The molecule has 0 radical (unpaired) electrons. The largest absolute Gasteiger partial charge is 0.497 e. The molecule has 0 N–H and O–H groups in total. The second-order valence-corrected chi connectivity index (χ2v) is 7.51. The van der Waals surface area contributed by atoms with E-state index in [1.54, 1.807) is 62.8 Å². The van der Waals surface area contributed by atoms with E-state index in [-0.39, 0.29) is 30.1 Å². The van der Waals surface area contributed by atoms with Gasteiger partial charge in [-0.15, -0.1) is 0 Å². The lowest BCUT2D eigenvalue weighted by Crippen LogP contribution is -2.16. The van der Waals surface area contributed by atoms with Crippen LogP contribution in [0.4, 0.5) is 0 Å². The number of methoxy groups -OCH3 is 2. The van der Waals surface area contributed by atoms with Crippen LogP contribution in [0.15, 0.2) is 72.3 Å². The summed E-state index contributed by atoms with van der Waals surface area (Å²) in [5.74, 6) is 1.00. The van der Waals surface area contributed by atoms with Crippen molar-refractivity contribution in [3.05, 3.63) is 89.0 Å². The van der Waals surface area contributed by atoms with Crippen molar-refractivity contribution in [2.45, 2.75) is 6.42 Å². The van der Waals surface area contributed by atoms with E-state index in [1.807, 2.05) is 18.2 Å². The van der Waals surface area contributed by atoms with Crippen LogP contribution in [0, 0.1) is 0 Å². The average molecular weight is 476 g/mol. The number of para-hydroxylation sites is 1. The number of carbonyl (C=O) groups excluding carboxylic acids is 2. The van der Waals surface area contributed by atoms with Crippen molar-refractivity contribution < 1.29 is 38.3 Å². The maximum atomic E-state index is 13.9. The standard InChI is InChI=1S/C27H24O8/c1-30-20-11-8-17(9-12-20)26(28)21(14-18-6-4-5-7-22(18)31-2)25(27(29)35-32-3)19-10-13-23-24(15-19)34-16-33-23/h4-13,15H,14,16H2,1-3H3/b25-21-. The van der Waals surface area contributed by atoms with Crippen molar-refractivity contribution in [2.75, 3.05) is 28.1 Å². The van der Waals surface area contributed by atoms with Gasteiger partial charge in [0.2, 0.25) is 6.79 Å². The topological polar surface area (TPSA) is 89.5 Å².